The second-order valence-corrected chi connectivity index (χ2v) is 5.15. The maximum atomic E-state index is 12.6. The van der Waals surface area contributed by atoms with Gasteiger partial charge in [0.05, 0.1) is 0 Å². The molecule has 116 valence electrons. The van der Waals surface area contributed by atoms with Crippen LogP contribution in [0.1, 0.15) is 33.6 Å². The summed E-state index contributed by atoms with van der Waals surface area (Å²) >= 11 is 0. The molecule has 0 aliphatic carbocycles. The van der Waals surface area contributed by atoms with Gasteiger partial charge in [-0.1, -0.05) is 18.2 Å². The molecule has 0 aliphatic heterocycles. The highest BCUT2D eigenvalue weighted by molar-refractivity contribution is 5.70. The predicted octanol–water partition coefficient (Wildman–Crippen LogP) is 3.88. The van der Waals surface area contributed by atoms with E-state index >= 15 is 0 Å². The molecule has 0 atom stereocenters. The van der Waals surface area contributed by atoms with Crippen molar-refractivity contribution < 1.29 is 13.2 Å². The second-order valence-electron chi connectivity index (χ2n) is 5.15. The Morgan fingerprint density at radius 1 is 1.00 bits per heavy atom. The fourth-order valence-corrected chi connectivity index (χ4v) is 2.05. The quantitative estimate of drug-likeness (QED) is 0.915. The van der Waals surface area contributed by atoms with Crippen LogP contribution in [-0.4, -0.2) is 9.97 Å². The molecule has 0 saturated heterocycles. The minimum atomic E-state index is -4.65. The molecule has 1 aromatic carbocycles. The third kappa shape index (κ3) is 3.63. The Morgan fingerprint density at radius 2 is 1.64 bits per heavy atom. The molecule has 0 radical (unpaired) electrons. The molecule has 0 bridgehead atoms. The van der Waals surface area contributed by atoms with Crippen LogP contribution in [0.15, 0.2) is 23.0 Å². The van der Waals surface area contributed by atoms with Crippen LogP contribution in [0.25, 0.3) is 12.2 Å². The van der Waals surface area contributed by atoms with E-state index in [0.29, 0.717) is 0 Å². The number of benzene rings is 1. The van der Waals surface area contributed by atoms with Crippen molar-refractivity contribution in [2.75, 3.05) is 0 Å². The Kier molecular flexibility index (Phi) is 4.21. The van der Waals surface area contributed by atoms with Crippen LogP contribution in [-0.2, 0) is 6.18 Å². The first kappa shape index (κ1) is 16.0. The van der Waals surface area contributed by atoms with Crippen LogP contribution in [0, 0.1) is 20.8 Å². The normalized spacial score (nSPS) is 12.1. The molecule has 6 heteroatoms. The lowest BCUT2D eigenvalue weighted by atomic mass is 10.0. The molecule has 0 aliphatic rings. The van der Waals surface area contributed by atoms with Gasteiger partial charge in [0, 0.05) is 5.69 Å². The van der Waals surface area contributed by atoms with E-state index < -0.39 is 17.6 Å². The zero-order chi connectivity index (χ0) is 16.5. The largest absolute Gasteiger partial charge is 0.433 e. The second kappa shape index (κ2) is 5.79. The fourth-order valence-electron chi connectivity index (χ4n) is 2.05. The van der Waals surface area contributed by atoms with Gasteiger partial charge in [-0.05, 0) is 55.2 Å². The van der Waals surface area contributed by atoms with Crippen LogP contribution in [0.2, 0.25) is 0 Å². The van der Waals surface area contributed by atoms with E-state index in [0.717, 1.165) is 28.3 Å². The van der Waals surface area contributed by atoms with Crippen molar-refractivity contribution in [2.45, 2.75) is 26.9 Å². The average Bonchev–Trinajstić information content (AvgIpc) is 2.40. The lowest BCUT2D eigenvalue weighted by Gasteiger charge is -2.07. The molecule has 0 spiro atoms. The maximum Gasteiger partial charge on any atom is 0.433 e. The summed E-state index contributed by atoms with van der Waals surface area (Å²) in [5, 5.41) is 0. The monoisotopic (exact) mass is 308 g/mol. The van der Waals surface area contributed by atoms with E-state index in [1.807, 2.05) is 32.9 Å². The van der Waals surface area contributed by atoms with E-state index in [1.165, 1.54) is 6.08 Å². The van der Waals surface area contributed by atoms with Crippen LogP contribution in [0.3, 0.4) is 0 Å². The molecule has 0 unspecified atom stereocenters. The van der Waals surface area contributed by atoms with E-state index in [4.69, 9.17) is 0 Å². The summed E-state index contributed by atoms with van der Waals surface area (Å²) in [7, 11) is 0. The Labute approximate surface area is 125 Å². The van der Waals surface area contributed by atoms with Gasteiger partial charge in [-0.25, -0.2) is 4.79 Å². The topological polar surface area (TPSA) is 45.8 Å². The Balaban J connectivity index is 2.41. The van der Waals surface area contributed by atoms with Crippen molar-refractivity contribution in [1.29, 1.82) is 0 Å². The van der Waals surface area contributed by atoms with E-state index in [9.17, 15) is 18.0 Å². The van der Waals surface area contributed by atoms with Crippen LogP contribution >= 0.6 is 0 Å². The van der Waals surface area contributed by atoms with E-state index in [2.05, 4.69) is 9.97 Å². The number of H-pyrrole nitrogens is 1. The molecular weight excluding hydrogens is 293 g/mol. The number of halogens is 3. The zero-order valence-corrected chi connectivity index (χ0v) is 12.4. The Morgan fingerprint density at radius 3 is 2.27 bits per heavy atom. The van der Waals surface area contributed by atoms with Gasteiger partial charge in [-0.3, -0.25) is 0 Å². The van der Waals surface area contributed by atoms with Crippen molar-refractivity contribution in [3.8, 4) is 0 Å². The lowest BCUT2D eigenvalue weighted by molar-refractivity contribution is -0.141. The standard InChI is InChI=1S/C16H15F3N2O/c1-9-6-11(3)12(7-10(9)2)4-5-13-8-14(16(17,18)19)21-15(22)20-13/h4-8H,1-3H3,(H,20,21,22)/b5-4+. The first-order valence-electron chi connectivity index (χ1n) is 6.61. The molecule has 1 N–H and O–H groups in total. The third-order valence-corrected chi connectivity index (χ3v) is 3.38. The molecule has 2 rings (SSSR count). The van der Waals surface area contributed by atoms with Crippen LogP contribution < -0.4 is 5.69 Å². The first-order valence-corrected chi connectivity index (χ1v) is 6.61. The Hall–Kier alpha value is -2.37. The minimum absolute atomic E-state index is 0.0601. The number of aromatic nitrogens is 2. The number of nitrogens with one attached hydrogen (secondary N) is 1. The van der Waals surface area contributed by atoms with Crippen molar-refractivity contribution in [3.05, 3.63) is 62.3 Å². The van der Waals surface area contributed by atoms with Gasteiger partial charge in [-0.2, -0.15) is 18.2 Å². The third-order valence-electron chi connectivity index (χ3n) is 3.38. The number of rotatable bonds is 2. The highest BCUT2D eigenvalue weighted by Gasteiger charge is 2.33. The number of alkyl halides is 3. The number of hydrogen-bond acceptors (Lipinski definition) is 2. The molecule has 22 heavy (non-hydrogen) atoms. The van der Waals surface area contributed by atoms with Crippen LogP contribution in [0.5, 0.6) is 0 Å². The van der Waals surface area contributed by atoms with Crippen molar-refractivity contribution in [2.24, 2.45) is 0 Å². The summed E-state index contributed by atoms with van der Waals surface area (Å²) < 4.78 is 37.9. The number of nitrogens with zero attached hydrogens (tertiary/aromatic N) is 1. The van der Waals surface area contributed by atoms with E-state index in [-0.39, 0.29) is 5.69 Å². The van der Waals surface area contributed by atoms with Gasteiger partial charge < -0.3 is 4.98 Å². The summed E-state index contributed by atoms with van der Waals surface area (Å²) in [5.41, 5.74) is 1.96. The number of aromatic amines is 1. The zero-order valence-electron chi connectivity index (χ0n) is 12.4. The highest BCUT2D eigenvalue weighted by atomic mass is 19.4. The molecule has 0 saturated carbocycles. The van der Waals surface area contributed by atoms with Crippen molar-refractivity contribution >= 4 is 12.2 Å². The summed E-state index contributed by atoms with van der Waals surface area (Å²) in [6, 6.07) is 4.77. The van der Waals surface area contributed by atoms with Gasteiger partial charge in [0.2, 0.25) is 0 Å². The lowest BCUT2D eigenvalue weighted by Crippen LogP contribution is -2.19. The van der Waals surface area contributed by atoms with E-state index in [1.54, 1.807) is 6.08 Å². The fraction of sp³-hybridized carbons (Fsp3) is 0.250. The van der Waals surface area contributed by atoms with Gasteiger partial charge in [0.25, 0.3) is 0 Å². The highest BCUT2D eigenvalue weighted by Crippen LogP contribution is 2.27. The average molecular weight is 308 g/mol. The minimum Gasteiger partial charge on any atom is -0.306 e. The summed E-state index contributed by atoms with van der Waals surface area (Å²) in [4.78, 5) is 16.4. The molecule has 0 fully saturated rings. The first-order chi connectivity index (χ1) is 10.2. The van der Waals surface area contributed by atoms with Gasteiger partial charge in [0.15, 0.2) is 5.69 Å². The molecule has 3 nitrogen and oxygen atoms in total. The van der Waals surface area contributed by atoms with Crippen LogP contribution in [0.4, 0.5) is 13.2 Å². The molecule has 2 aromatic rings. The van der Waals surface area contributed by atoms with Gasteiger partial charge >= 0.3 is 11.9 Å². The molecule has 0 amide bonds. The SMILES string of the molecule is Cc1cc(C)c(/C=C/c2cc(C(F)(F)F)nc(=O)[nH]2)cc1C. The molecular formula is C16H15F3N2O. The van der Waals surface area contributed by atoms with Gasteiger partial charge in [0.1, 0.15) is 0 Å². The van der Waals surface area contributed by atoms with Gasteiger partial charge in [-0.15, -0.1) is 0 Å². The Bertz CT molecular complexity index is 789. The number of aryl methyl sites for hydroxylation is 3. The summed E-state index contributed by atoms with van der Waals surface area (Å²) in [6.45, 7) is 5.87. The van der Waals surface area contributed by atoms with Crippen molar-refractivity contribution in [3.63, 3.8) is 0 Å². The summed E-state index contributed by atoms with van der Waals surface area (Å²) in [6.07, 6.45) is -1.53. The molecule has 1 aromatic heterocycles. The predicted molar refractivity (Wildman–Crippen MR) is 79.4 cm³/mol. The smallest absolute Gasteiger partial charge is 0.306 e. The number of hydrogen-bond donors (Lipinski definition) is 1. The van der Waals surface area contributed by atoms with Crippen molar-refractivity contribution in [1.82, 2.24) is 9.97 Å². The summed E-state index contributed by atoms with van der Waals surface area (Å²) in [5.74, 6) is 0. The maximum absolute atomic E-state index is 12.6. The molecule has 1 heterocycles.